The van der Waals surface area contributed by atoms with E-state index in [0.717, 1.165) is 6.07 Å². The van der Waals surface area contributed by atoms with Crippen LogP contribution in [-0.2, 0) is 11.3 Å². The van der Waals surface area contributed by atoms with Crippen molar-refractivity contribution in [3.8, 4) is 5.88 Å². The molecule has 0 saturated heterocycles. The van der Waals surface area contributed by atoms with Crippen LogP contribution in [0.5, 0.6) is 5.88 Å². The zero-order chi connectivity index (χ0) is 15.4. The van der Waals surface area contributed by atoms with Gasteiger partial charge in [0.15, 0.2) is 0 Å². The fourth-order valence-electron chi connectivity index (χ4n) is 1.66. The Morgan fingerprint density at radius 1 is 1.48 bits per heavy atom. The molecule has 110 valence electrons. The molecule has 5 nitrogen and oxygen atoms in total. The zero-order valence-corrected chi connectivity index (χ0v) is 12.7. The zero-order valence-electron chi connectivity index (χ0n) is 11.1. The van der Waals surface area contributed by atoms with Crippen molar-refractivity contribution >= 4 is 27.6 Å². The Morgan fingerprint density at radius 2 is 2.24 bits per heavy atom. The lowest BCUT2D eigenvalue weighted by Crippen LogP contribution is -2.08. The number of hydrogen-bond acceptors (Lipinski definition) is 5. The van der Waals surface area contributed by atoms with E-state index >= 15 is 0 Å². The fourth-order valence-corrected chi connectivity index (χ4v) is 2.14. The molecule has 1 aromatic carbocycles. The van der Waals surface area contributed by atoms with Gasteiger partial charge in [-0.3, -0.25) is 0 Å². The summed E-state index contributed by atoms with van der Waals surface area (Å²) in [4.78, 5) is 16.0. The quantitative estimate of drug-likeness (QED) is 0.674. The van der Waals surface area contributed by atoms with Gasteiger partial charge in [0.05, 0.1) is 23.9 Å². The van der Waals surface area contributed by atoms with Crippen LogP contribution in [0.1, 0.15) is 15.9 Å². The molecule has 7 heteroatoms. The van der Waals surface area contributed by atoms with Crippen molar-refractivity contribution in [2.75, 3.05) is 12.8 Å². The molecule has 0 atom stereocenters. The Hall–Kier alpha value is -2.15. The highest BCUT2D eigenvalue weighted by atomic mass is 79.9. The van der Waals surface area contributed by atoms with Gasteiger partial charge in [-0.2, -0.15) is 0 Å². The average Bonchev–Trinajstić information content (AvgIpc) is 2.48. The Balaban J connectivity index is 2.14. The van der Waals surface area contributed by atoms with E-state index in [9.17, 15) is 9.18 Å². The van der Waals surface area contributed by atoms with E-state index in [0.29, 0.717) is 11.4 Å². The number of hydrogen-bond donors (Lipinski definition) is 1. The molecule has 0 bridgehead atoms. The van der Waals surface area contributed by atoms with Gasteiger partial charge in [0.1, 0.15) is 12.4 Å². The average molecular weight is 355 g/mol. The van der Waals surface area contributed by atoms with Gasteiger partial charge in [-0.25, -0.2) is 14.2 Å². The first-order chi connectivity index (χ1) is 10.0. The number of nitrogen functional groups attached to an aromatic ring is 1. The first-order valence-corrected chi connectivity index (χ1v) is 6.71. The van der Waals surface area contributed by atoms with E-state index in [4.69, 9.17) is 15.2 Å². The standard InChI is InChI=1S/C14H12BrFN2O3/c1-20-13-8(3-2-4-18-13)7-21-14(19)9-5-12(17)11(16)6-10(9)15/h2-6H,7,17H2,1H3. The summed E-state index contributed by atoms with van der Waals surface area (Å²) in [6.45, 7) is -0.0143. The third-order valence-electron chi connectivity index (χ3n) is 2.71. The molecule has 2 aromatic rings. The van der Waals surface area contributed by atoms with E-state index in [1.807, 2.05) is 0 Å². The Bertz CT molecular complexity index is 679. The lowest BCUT2D eigenvalue weighted by molar-refractivity contribution is 0.0468. The summed E-state index contributed by atoms with van der Waals surface area (Å²) < 4.78 is 23.7. The lowest BCUT2D eigenvalue weighted by Gasteiger charge is -2.09. The summed E-state index contributed by atoms with van der Waals surface area (Å²) >= 11 is 3.10. The summed E-state index contributed by atoms with van der Waals surface area (Å²) in [6, 6.07) is 5.78. The number of rotatable bonds is 4. The van der Waals surface area contributed by atoms with Crippen molar-refractivity contribution in [1.29, 1.82) is 0 Å². The molecule has 0 aliphatic heterocycles. The molecule has 0 aliphatic carbocycles. The maximum Gasteiger partial charge on any atom is 0.339 e. The van der Waals surface area contributed by atoms with Crippen LogP contribution in [0.15, 0.2) is 34.9 Å². The predicted octanol–water partition coefficient (Wildman–Crippen LogP) is 2.93. The van der Waals surface area contributed by atoms with Crippen molar-refractivity contribution in [1.82, 2.24) is 4.98 Å². The molecule has 0 aliphatic rings. The van der Waals surface area contributed by atoms with Crippen molar-refractivity contribution < 1.29 is 18.7 Å². The maximum atomic E-state index is 13.2. The Labute approximate surface area is 129 Å². The summed E-state index contributed by atoms with van der Waals surface area (Å²) in [6.07, 6.45) is 1.57. The first kappa shape index (κ1) is 15.2. The minimum absolute atomic E-state index is 0.0143. The third kappa shape index (κ3) is 3.49. The first-order valence-electron chi connectivity index (χ1n) is 5.92. The van der Waals surface area contributed by atoms with Gasteiger partial charge in [-0.15, -0.1) is 0 Å². The largest absolute Gasteiger partial charge is 0.481 e. The Morgan fingerprint density at radius 3 is 2.95 bits per heavy atom. The van der Waals surface area contributed by atoms with E-state index < -0.39 is 11.8 Å². The monoisotopic (exact) mass is 354 g/mol. The highest BCUT2D eigenvalue weighted by Crippen LogP contribution is 2.24. The molecule has 0 radical (unpaired) electrons. The summed E-state index contributed by atoms with van der Waals surface area (Å²) in [5, 5.41) is 0. The number of aromatic nitrogens is 1. The molecule has 1 heterocycles. The van der Waals surface area contributed by atoms with Gasteiger partial charge in [0, 0.05) is 10.7 Å². The fraction of sp³-hybridized carbons (Fsp3) is 0.143. The molecule has 2 rings (SSSR count). The molecule has 2 N–H and O–H groups in total. The molecule has 0 amide bonds. The van der Waals surface area contributed by atoms with Crippen molar-refractivity contribution in [2.24, 2.45) is 0 Å². The number of benzene rings is 1. The molecule has 1 aromatic heterocycles. The highest BCUT2D eigenvalue weighted by molar-refractivity contribution is 9.10. The smallest absolute Gasteiger partial charge is 0.339 e. The van der Waals surface area contributed by atoms with Gasteiger partial charge >= 0.3 is 5.97 Å². The summed E-state index contributed by atoms with van der Waals surface area (Å²) in [5.41, 5.74) is 6.10. The third-order valence-corrected chi connectivity index (χ3v) is 3.36. The van der Waals surface area contributed by atoms with Crippen molar-refractivity contribution in [3.63, 3.8) is 0 Å². The van der Waals surface area contributed by atoms with Crippen LogP contribution in [0.2, 0.25) is 0 Å². The molecule has 21 heavy (non-hydrogen) atoms. The number of ether oxygens (including phenoxy) is 2. The molecule has 0 spiro atoms. The number of carbonyl (C=O) groups excluding carboxylic acids is 1. The van der Waals surface area contributed by atoms with Crippen molar-refractivity contribution in [3.05, 3.63) is 51.9 Å². The summed E-state index contributed by atoms with van der Waals surface area (Å²) in [7, 11) is 1.48. The second-order valence-electron chi connectivity index (χ2n) is 4.10. The van der Waals surface area contributed by atoms with E-state index in [1.165, 1.54) is 13.2 Å². The van der Waals surface area contributed by atoms with Crippen LogP contribution < -0.4 is 10.5 Å². The topological polar surface area (TPSA) is 74.4 Å². The minimum Gasteiger partial charge on any atom is -0.481 e. The van der Waals surface area contributed by atoms with E-state index in [-0.39, 0.29) is 22.3 Å². The number of anilines is 1. The molecule has 0 unspecified atom stereocenters. The SMILES string of the molecule is COc1ncccc1COC(=O)c1cc(N)c(F)cc1Br. The number of halogens is 2. The van der Waals surface area contributed by atoms with Crippen molar-refractivity contribution in [2.45, 2.75) is 6.61 Å². The number of carbonyl (C=O) groups is 1. The van der Waals surface area contributed by atoms with Crippen LogP contribution in [0, 0.1) is 5.82 Å². The number of esters is 1. The molecular formula is C14H12BrFN2O3. The number of nitrogens with zero attached hydrogens (tertiary/aromatic N) is 1. The van der Waals surface area contributed by atoms with Crippen LogP contribution in [0.25, 0.3) is 0 Å². The number of pyridine rings is 1. The van der Waals surface area contributed by atoms with Gasteiger partial charge in [0.25, 0.3) is 0 Å². The maximum absolute atomic E-state index is 13.2. The van der Waals surface area contributed by atoms with Gasteiger partial charge in [-0.05, 0) is 40.2 Å². The normalized spacial score (nSPS) is 10.2. The predicted molar refractivity (Wildman–Crippen MR) is 78.4 cm³/mol. The van der Waals surface area contributed by atoms with Gasteiger partial charge in [-0.1, -0.05) is 0 Å². The van der Waals surface area contributed by atoms with Gasteiger partial charge < -0.3 is 15.2 Å². The van der Waals surface area contributed by atoms with Crippen LogP contribution in [-0.4, -0.2) is 18.1 Å². The van der Waals surface area contributed by atoms with Crippen LogP contribution >= 0.6 is 15.9 Å². The van der Waals surface area contributed by atoms with E-state index in [2.05, 4.69) is 20.9 Å². The van der Waals surface area contributed by atoms with Crippen LogP contribution in [0.4, 0.5) is 10.1 Å². The molecule has 0 saturated carbocycles. The number of nitrogens with two attached hydrogens (primary N) is 1. The number of methoxy groups -OCH3 is 1. The second kappa shape index (κ2) is 6.53. The van der Waals surface area contributed by atoms with Crippen LogP contribution in [0.3, 0.4) is 0 Å². The Kier molecular flexibility index (Phi) is 4.74. The minimum atomic E-state index is -0.625. The highest BCUT2D eigenvalue weighted by Gasteiger charge is 2.15. The molecular weight excluding hydrogens is 343 g/mol. The van der Waals surface area contributed by atoms with Gasteiger partial charge in [0.2, 0.25) is 5.88 Å². The van der Waals surface area contributed by atoms with E-state index in [1.54, 1.807) is 18.3 Å². The summed E-state index contributed by atoms with van der Waals surface area (Å²) in [5.74, 6) is -0.852. The lowest BCUT2D eigenvalue weighted by atomic mass is 10.2. The second-order valence-corrected chi connectivity index (χ2v) is 4.96. The molecule has 0 fully saturated rings.